The quantitative estimate of drug-likeness (QED) is 0.282. The third-order valence-electron chi connectivity index (χ3n) is 3.91. The zero-order chi connectivity index (χ0) is 20.8. The average molecular weight is 492 g/mol. The molecular formula is C20H18BrN3O3S2. The number of thiocarbonyl (C=S) groups is 1. The zero-order valence-electron chi connectivity index (χ0n) is 15.5. The average Bonchev–Trinajstić information content (AvgIpc) is 3.09. The highest BCUT2D eigenvalue weighted by Gasteiger charge is 2.13. The molecule has 1 aromatic heterocycles. The Morgan fingerprint density at radius 3 is 2.62 bits per heavy atom. The van der Waals surface area contributed by atoms with E-state index >= 15 is 0 Å². The number of nitrogens with one attached hydrogen (secondary N) is 2. The summed E-state index contributed by atoms with van der Waals surface area (Å²) in [6.45, 7) is 2.45. The predicted molar refractivity (Wildman–Crippen MR) is 123 cm³/mol. The monoisotopic (exact) mass is 491 g/mol. The number of anilines is 1. The first-order chi connectivity index (χ1) is 14.0. The lowest BCUT2D eigenvalue weighted by atomic mass is 10.2. The maximum absolute atomic E-state index is 12.2. The van der Waals surface area contributed by atoms with Crippen LogP contribution in [-0.2, 0) is 4.74 Å². The summed E-state index contributed by atoms with van der Waals surface area (Å²) in [5.74, 6) is -0.659. The second kappa shape index (κ2) is 9.91. The van der Waals surface area contributed by atoms with E-state index in [9.17, 15) is 9.59 Å². The number of halogens is 1. The summed E-state index contributed by atoms with van der Waals surface area (Å²) >= 11 is 9.88. The number of fused-ring (bicyclic) bond motifs is 1. The van der Waals surface area contributed by atoms with Gasteiger partial charge in [-0.15, -0.1) is 0 Å². The summed E-state index contributed by atoms with van der Waals surface area (Å²) in [4.78, 5) is 28.8. The van der Waals surface area contributed by atoms with Gasteiger partial charge in [0.25, 0.3) is 5.91 Å². The summed E-state index contributed by atoms with van der Waals surface area (Å²) in [7, 11) is 0. The molecule has 0 aliphatic rings. The van der Waals surface area contributed by atoms with Gasteiger partial charge >= 0.3 is 5.97 Å². The molecule has 0 aliphatic heterocycles. The molecule has 0 saturated heterocycles. The van der Waals surface area contributed by atoms with Crippen molar-refractivity contribution in [3.05, 3.63) is 58.1 Å². The number of amides is 1. The van der Waals surface area contributed by atoms with Crippen LogP contribution in [0.3, 0.4) is 0 Å². The Balaban J connectivity index is 1.64. The molecule has 3 aromatic rings. The van der Waals surface area contributed by atoms with Gasteiger partial charge in [-0.25, -0.2) is 9.78 Å². The number of thiazole rings is 1. The van der Waals surface area contributed by atoms with Crippen LogP contribution in [0.25, 0.3) is 10.2 Å². The van der Waals surface area contributed by atoms with Crippen molar-refractivity contribution in [2.24, 2.45) is 0 Å². The fraction of sp³-hybridized carbons (Fsp3) is 0.200. The van der Waals surface area contributed by atoms with Crippen molar-refractivity contribution in [1.82, 2.24) is 10.3 Å². The van der Waals surface area contributed by atoms with Crippen LogP contribution in [0.1, 0.15) is 40.5 Å². The number of hydrogen-bond acceptors (Lipinski definition) is 6. The van der Waals surface area contributed by atoms with Crippen LogP contribution in [0, 0.1) is 0 Å². The van der Waals surface area contributed by atoms with E-state index in [1.54, 1.807) is 42.5 Å². The molecule has 1 heterocycles. The lowest BCUT2D eigenvalue weighted by molar-refractivity contribution is 0.0500. The summed E-state index contributed by atoms with van der Waals surface area (Å²) in [5.41, 5.74) is 1.70. The Bertz CT molecular complexity index is 1050. The maximum atomic E-state index is 12.2. The molecule has 29 heavy (non-hydrogen) atoms. The second-order valence-electron chi connectivity index (χ2n) is 6.11. The first kappa shape index (κ1) is 21.4. The van der Waals surface area contributed by atoms with Crippen LogP contribution in [0.4, 0.5) is 5.13 Å². The lowest BCUT2D eigenvalue weighted by Crippen LogP contribution is -2.34. The number of hydrogen-bond donors (Lipinski definition) is 2. The molecule has 0 unspecified atom stereocenters. The highest BCUT2D eigenvalue weighted by Crippen LogP contribution is 2.27. The molecular weight excluding hydrogens is 474 g/mol. The number of aromatic nitrogens is 1. The normalized spacial score (nSPS) is 10.6. The van der Waals surface area contributed by atoms with Gasteiger partial charge in [0.1, 0.15) is 0 Å². The molecule has 1 amide bonds. The van der Waals surface area contributed by atoms with Gasteiger partial charge in [-0.05, 0) is 61.1 Å². The molecule has 3 rings (SSSR count). The summed E-state index contributed by atoms with van der Waals surface area (Å²) < 4.78 is 6.95. The molecule has 0 bridgehead atoms. The van der Waals surface area contributed by atoms with Crippen molar-refractivity contribution >= 4 is 71.8 Å². The van der Waals surface area contributed by atoms with E-state index in [1.807, 2.05) is 6.92 Å². The minimum Gasteiger partial charge on any atom is -0.462 e. The van der Waals surface area contributed by atoms with Gasteiger partial charge in [-0.3, -0.25) is 10.1 Å². The second-order valence-corrected chi connectivity index (χ2v) is 8.46. The number of rotatable bonds is 6. The van der Waals surface area contributed by atoms with Crippen molar-refractivity contribution in [3.63, 3.8) is 0 Å². The Kier molecular flexibility index (Phi) is 7.29. The third-order valence-corrected chi connectivity index (χ3v) is 5.58. The Hall–Kier alpha value is -2.36. The number of esters is 1. The van der Waals surface area contributed by atoms with Crippen LogP contribution in [0.5, 0.6) is 0 Å². The molecule has 2 aromatic carbocycles. The molecule has 150 valence electrons. The largest absolute Gasteiger partial charge is 0.462 e. The number of unbranched alkanes of at least 4 members (excludes halogenated alkanes) is 1. The van der Waals surface area contributed by atoms with Gasteiger partial charge in [-0.2, -0.15) is 0 Å². The fourth-order valence-corrected chi connectivity index (χ4v) is 3.83. The molecule has 0 spiro atoms. The van der Waals surface area contributed by atoms with Crippen molar-refractivity contribution in [2.75, 3.05) is 11.9 Å². The number of benzene rings is 2. The summed E-state index contributed by atoms with van der Waals surface area (Å²) in [6, 6.07) is 12.1. The van der Waals surface area contributed by atoms with Crippen molar-refractivity contribution in [2.45, 2.75) is 19.8 Å². The third kappa shape index (κ3) is 5.81. The van der Waals surface area contributed by atoms with Gasteiger partial charge in [0.05, 0.1) is 22.4 Å². The predicted octanol–water partition coefficient (Wildman–Crippen LogP) is 5.14. The van der Waals surface area contributed by atoms with E-state index in [-0.39, 0.29) is 17.0 Å². The van der Waals surface area contributed by atoms with Crippen LogP contribution < -0.4 is 10.6 Å². The zero-order valence-corrected chi connectivity index (χ0v) is 18.7. The van der Waals surface area contributed by atoms with Gasteiger partial charge in [0.2, 0.25) is 0 Å². The SMILES string of the molecule is CCCCOC(=O)c1ccc2nc(NC(=S)NC(=O)c3ccc(Br)cc3)sc2c1. The standard InChI is InChI=1S/C20H18BrN3O3S2/c1-2-3-10-27-18(26)13-6-9-15-16(11-13)29-20(22-15)24-19(28)23-17(25)12-4-7-14(21)8-5-12/h4-9,11H,2-3,10H2,1H3,(H2,22,23,24,25,28). The highest BCUT2D eigenvalue weighted by atomic mass is 79.9. The van der Waals surface area contributed by atoms with E-state index < -0.39 is 0 Å². The van der Waals surface area contributed by atoms with Crippen LogP contribution in [0.15, 0.2) is 46.9 Å². The van der Waals surface area contributed by atoms with Crippen LogP contribution in [0.2, 0.25) is 0 Å². The first-order valence-corrected chi connectivity index (χ1v) is 10.9. The highest BCUT2D eigenvalue weighted by molar-refractivity contribution is 9.10. The molecule has 0 atom stereocenters. The van der Waals surface area contributed by atoms with E-state index in [2.05, 4.69) is 31.5 Å². The minimum absolute atomic E-state index is 0.149. The van der Waals surface area contributed by atoms with Crippen LogP contribution in [-0.4, -0.2) is 28.6 Å². The van der Waals surface area contributed by atoms with E-state index in [0.29, 0.717) is 22.9 Å². The molecule has 0 radical (unpaired) electrons. The maximum Gasteiger partial charge on any atom is 0.338 e. The number of carbonyl (C=O) groups is 2. The molecule has 0 aliphatic carbocycles. The number of carbonyl (C=O) groups excluding carboxylic acids is 2. The Labute approximate surface area is 185 Å². The van der Waals surface area contributed by atoms with E-state index in [1.165, 1.54) is 11.3 Å². The van der Waals surface area contributed by atoms with E-state index in [4.69, 9.17) is 17.0 Å². The fourth-order valence-electron chi connectivity index (χ4n) is 2.40. The van der Waals surface area contributed by atoms with Gasteiger partial charge in [0, 0.05) is 10.0 Å². The van der Waals surface area contributed by atoms with Crippen molar-refractivity contribution < 1.29 is 14.3 Å². The van der Waals surface area contributed by atoms with E-state index in [0.717, 1.165) is 27.5 Å². The first-order valence-electron chi connectivity index (χ1n) is 8.92. The smallest absolute Gasteiger partial charge is 0.338 e. The van der Waals surface area contributed by atoms with Crippen molar-refractivity contribution in [1.29, 1.82) is 0 Å². The molecule has 2 N–H and O–H groups in total. The Morgan fingerprint density at radius 1 is 1.17 bits per heavy atom. The molecule has 6 nitrogen and oxygen atoms in total. The lowest BCUT2D eigenvalue weighted by Gasteiger charge is -2.07. The topological polar surface area (TPSA) is 80.3 Å². The van der Waals surface area contributed by atoms with Gasteiger partial charge in [0.15, 0.2) is 10.2 Å². The van der Waals surface area contributed by atoms with Gasteiger partial charge in [-0.1, -0.05) is 40.6 Å². The van der Waals surface area contributed by atoms with Crippen LogP contribution >= 0.6 is 39.5 Å². The summed E-state index contributed by atoms with van der Waals surface area (Å²) in [6.07, 6.45) is 1.81. The Morgan fingerprint density at radius 2 is 1.90 bits per heavy atom. The number of ether oxygens (including phenoxy) is 1. The van der Waals surface area contributed by atoms with Gasteiger partial charge < -0.3 is 10.1 Å². The minimum atomic E-state index is -0.347. The van der Waals surface area contributed by atoms with Crippen molar-refractivity contribution in [3.8, 4) is 0 Å². The molecule has 0 fully saturated rings. The molecule has 0 saturated carbocycles. The number of nitrogens with zero attached hydrogens (tertiary/aromatic N) is 1. The molecule has 9 heteroatoms. The summed E-state index contributed by atoms with van der Waals surface area (Å²) in [5, 5.41) is 6.22.